The lowest BCUT2D eigenvalue weighted by Crippen LogP contribution is -2.39. The Labute approximate surface area is 166 Å². The molecule has 1 atom stereocenters. The second-order valence-electron chi connectivity index (χ2n) is 6.33. The molecule has 1 aromatic heterocycles. The highest BCUT2D eigenvalue weighted by Gasteiger charge is 2.21. The second kappa shape index (κ2) is 9.54. The van der Waals surface area contributed by atoms with E-state index < -0.39 is 17.9 Å². The molecule has 0 radical (unpaired) electrons. The number of carbonyl (C=O) groups is 2. The number of nitrogens with zero attached hydrogens (tertiary/aromatic N) is 3. The van der Waals surface area contributed by atoms with Crippen LogP contribution >= 0.6 is 0 Å². The van der Waals surface area contributed by atoms with E-state index in [9.17, 15) is 14.0 Å². The normalized spacial score (nSPS) is 11.7. The van der Waals surface area contributed by atoms with Crippen LogP contribution in [-0.2, 0) is 16.0 Å². The van der Waals surface area contributed by atoms with Gasteiger partial charge in [-0.05, 0) is 47.4 Å². The van der Waals surface area contributed by atoms with Gasteiger partial charge in [0.2, 0.25) is 0 Å². The zero-order valence-corrected chi connectivity index (χ0v) is 15.8. The summed E-state index contributed by atoms with van der Waals surface area (Å²) in [6.07, 6.45) is 0.398. The van der Waals surface area contributed by atoms with Crippen molar-refractivity contribution in [1.82, 2.24) is 25.9 Å². The number of aromatic nitrogens is 4. The molecule has 0 saturated carbocycles. The Balaban J connectivity index is 1.72. The maximum absolute atomic E-state index is 13.4. The molecule has 0 saturated heterocycles. The van der Waals surface area contributed by atoms with Crippen LogP contribution in [0.1, 0.15) is 29.5 Å². The predicted molar refractivity (Wildman–Crippen MR) is 102 cm³/mol. The van der Waals surface area contributed by atoms with Crippen LogP contribution < -0.4 is 5.32 Å². The van der Waals surface area contributed by atoms with Gasteiger partial charge < -0.3 is 10.1 Å². The SMILES string of the molecule is CCOC(=O)C[C@@H](Cc1ccc(-c2cccc(F)c2)cc1)NC(=O)c1nn[nH]n1. The van der Waals surface area contributed by atoms with E-state index >= 15 is 0 Å². The van der Waals surface area contributed by atoms with E-state index in [4.69, 9.17) is 4.74 Å². The molecule has 2 aromatic carbocycles. The van der Waals surface area contributed by atoms with Crippen molar-refractivity contribution >= 4 is 11.9 Å². The molecule has 0 bridgehead atoms. The molecule has 9 heteroatoms. The van der Waals surface area contributed by atoms with E-state index in [-0.39, 0.29) is 24.7 Å². The number of halogens is 1. The van der Waals surface area contributed by atoms with Crippen LogP contribution in [-0.4, -0.2) is 45.1 Å². The Morgan fingerprint density at radius 3 is 2.62 bits per heavy atom. The van der Waals surface area contributed by atoms with Crippen molar-refractivity contribution in [3.05, 3.63) is 65.7 Å². The minimum Gasteiger partial charge on any atom is -0.466 e. The number of aromatic amines is 1. The van der Waals surface area contributed by atoms with Gasteiger partial charge >= 0.3 is 5.97 Å². The molecule has 0 aliphatic carbocycles. The fraction of sp³-hybridized carbons (Fsp3) is 0.250. The van der Waals surface area contributed by atoms with Crippen LogP contribution in [0.25, 0.3) is 11.1 Å². The van der Waals surface area contributed by atoms with E-state index in [1.165, 1.54) is 12.1 Å². The van der Waals surface area contributed by atoms with Gasteiger partial charge in [-0.25, -0.2) is 4.39 Å². The average Bonchev–Trinajstić information content (AvgIpc) is 3.24. The van der Waals surface area contributed by atoms with Crippen LogP contribution in [0.4, 0.5) is 4.39 Å². The summed E-state index contributed by atoms with van der Waals surface area (Å²) in [6.45, 7) is 1.97. The average molecular weight is 397 g/mol. The van der Waals surface area contributed by atoms with Gasteiger partial charge in [0.05, 0.1) is 13.0 Å². The van der Waals surface area contributed by atoms with Crippen LogP contribution in [0.2, 0.25) is 0 Å². The Morgan fingerprint density at radius 1 is 1.17 bits per heavy atom. The number of hydrogen-bond donors (Lipinski definition) is 2. The van der Waals surface area contributed by atoms with E-state index in [1.54, 1.807) is 13.0 Å². The number of amides is 1. The van der Waals surface area contributed by atoms with Gasteiger partial charge in [0, 0.05) is 6.04 Å². The fourth-order valence-corrected chi connectivity index (χ4v) is 2.89. The topological polar surface area (TPSA) is 110 Å². The molecule has 0 spiro atoms. The molecule has 1 amide bonds. The van der Waals surface area contributed by atoms with Gasteiger partial charge in [-0.15, -0.1) is 10.2 Å². The van der Waals surface area contributed by atoms with Crippen LogP contribution in [0.5, 0.6) is 0 Å². The molecule has 0 aliphatic rings. The molecule has 150 valence electrons. The molecule has 0 unspecified atom stereocenters. The predicted octanol–water partition coefficient (Wildman–Crippen LogP) is 2.30. The largest absolute Gasteiger partial charge is 0.466 e. The minimum absolute atomic E-state index is 0.00305. The maximum Gasteiger partial charge on any atom is 0.307 e. The molecule has 0 fully saturated rings. The molecule has 3 rings (SSSR count). The molecule has 1 heterocycles. The summed E-state index contributed by atoms with van der Waals surface area (Å²) in [5.74, 6) is -1.36. The Bertz CT molecular complexity index is 961. The van der Waals surface area contributed by atoms with Gasteiger partial charge in [0.15, 0.2) is 0 Å². The molecule has 29 heavy (non-hydrogen) atoms. The van der Waals surface area contributed by atoms with Crippen molar-refractivity contribution in [3.63, 3.8) is 0 Å². The van der Waals surface area contributed by atoms with E-state index in [1.807, 2.05) is 30.3 Å². The first-order valence-corrected chi connectivity index (χ1v) is 9.10. The number of esters is 1. The standard InChI is InChI=1S/C20H20FN5O3/c1-2-29-18(27)12-17(22-20(28)19-23-25-26-24-19)10-13-6-8-14(9-7-13)15-4-3-5-16(21)11-15/h3-9,11,17H,2,10,12H2,1H3,(H,22,28)(H,23,24,25,26)/t17-/m1/s1. The molecular formula is C20H20FN5O3. The number of hydrogen-bond acceptors (Lipinski definition) is 6. The number of H-pyrrole nitrogens is 1. The first-order chi connectivity index (χ1) is 14.0. The smallest absolute Gasteiger partial charge is 0.307 e. The maximum atomic E-state index is 13.4. The van der Waals surface area contributed by atoms with Crippen LogP contribution in [0.15, 0.2) is 48.5 Å². The molecule has 8 nitrogen and oxygen atoms in total. The van der Waals surface area contributed by atoms with Crippen molar-refractivity contribution in [1.29, 1.82) is 0 Å². The van der Waals surface area contributed by atoms with Crippen molar-refractivity contribution in [2.75, 3.05) is 6.61 Å². The summed E-state index contributed by atoms with van der Waals surface area (Å²) in [6, 6.07) is 13.3. The number of tetrazole rings is 1. The molecule has 2 N–H and O–H groups in total. The number of nitrogens with one attached hydrogen (secondary N) is 2. The van der Waals surface area contributed by atoms with Crippen molar-refractivity contribution in [2.24, 2.45) is 0 Å². The summed E-state index contributed by atoms with van der Waals surface area (Å²) in [5.41, 5.74) is 2.53. The number of carbonyl (C=O) groups excluding carboxylic acids is 2. The highest BCUT2D eigenvalue weighted by molar-refractivity contribution is 5.90. The summed E-state index contributed by atoms with van der Waals surface area (Å²) in [7, 11) is 0. The molecule has 3 aromatic rings. The highest BCUT2D eigenvalue weighted by Crippen LogP contribution is 2.21. The Morgan fingerprint density at radius 2 is 1.97 bits per heavy atom. The quantitative estimate of drug-likeness (QED) is 0.565. The van der Waals surface area contributed by atoms with Gasteiger partial charge in [-0.3, -0.25) is 9.59 Å². The summed E-state index contributed by atoms with van der Waals surface area (Å²) in [5, 5.41) is 15.6. The lowest BCUT2D eigenvalue weighted by Gasteiger charge is -2.17. The van der Waals surface area contributed by atoms with E-state index in [2.05, 4.69) is 25.9 Å². The Hall–Kier alpha value is -3.62. The van der Waals surface area contributed by atoms with Crippen LogP contribution in [0, 0.1) is 5.82 Å². The summed E-state index contributed by atoms with van der Waals surface area (Å²) < 4.78 is 18.4. The third-order valence-electron chi connectivity index (χ3n) is 4.20. The van der Waals surface area contributed by atoms with E-state index in [0.717, 1.165) is 16.7 Å². The minimum atomic E-state index is -0.538. The van der Waals surface area contributed by atoms with Crippen molar-refractivity contribution in [2.45, 2.75) is 25.8 Å². The first-order valence-electron chi connectivity index (χ1n) is 9.10. The van der Waals surface area contributed by atoms with E-state index in [0.29, 0.717) is 6.42 Å². The van der Waals surface area contributed by atoms with Gasteiger partial charge in [0.1, 0.15) is 5.82 Å². The molecule has 0 aliphatic heterocycles. The number of benzene rings is 2. The first kappa shape index (κ1) is 20.1. The zero-order valence-electron chi connectivity index (χ0n) is 15.8. The monoisotopic (exact) mass is 397 g/mol. The van der Waals surface area contributed by atoms with Crippen molar-refractivity contribution in [3.8, 4) is 11.1 Å². The molecular weight excluding hydrogens is 377 g/mol. The number of rotatable bonds is 8. The third kappa shape index (κ3) is 5.68. The summed E-state index contributed by atoms with van der Waals surface area (Å²) >= 11 is 0. The van der Waals surface area contributed by atoms with Crippen LogP contribution in [0.3, 0.4) is 0 Å². The zero-order chi connectivity index (χ0) is 20.6. The Kier molecular flexibility index (Phi) is 6.62. The number of ether oxygens (including phenoxy) is 1. The lowest BCUT2D eigenvalue weighted by molar-refractivity contribution is -0.143. The summed E-state index contributed by atoms with van der Waals surface area (Å²) in [4.78, 5) is 24.2. The van der Waals surface area contributed by atoms with Gasteiger partial charge in [0.25, 0.3) is 11.7 Å². The fourth-order valence-electron chi connectivity index (χ4n) is 2.89. The third-order valence-corrected chi connectivity index (χ3v) is 4.20. The highest BCUT2D eigenvalue weighted by atomic mass is 19.1. The van der Waals surface area contributed by atoms with Gasteiger partial charge in [-0.2, -0.15) is 5.21 Å². The lowest BCUT2D eigenvalue weighted by atomic mass is 9.99. The van der Waals surface area contributed by atoms with Gasteiger partial charge in [-0.1, -0.05) is 36.4 Å². The second-order valence-corrected chi connectivity index (χ2v) is 6.33. The van der Waals surface area contributed by atoms with Crippen molar-refractivity contribution < 1.29 is 18.7 Å².